The van der Waals surface area contributed by atoms with Crippen LogP contribution in [0.15, 0.2) is 48.6 Å². The lowest BCUT2D eigenvalue weighted by Crippen LogP contribution is -2.55. The number of carboxylic acids is 1. The van der Waals surface area contributed by atoms with Crippen LogP contribution in [0.5, 0.6) is 0 Å². The van der Waals surface area contributed by atoms with Crippen molar-refractivity contribution >= 4 is 17.9 Å². The van der Waals surface area contributed by atoms with Crippen molar-refractivity contribution in [2.75, 3.05) is 41.0 Å². The lowest BCUT2D eigenvalue weighted by atomic mass is 10.1. The van der Waals surface area contributed by atoms with Crippen LogP contribution in [0.2, 0.25) is 0 Å². The Hall–Kier alpha value is -2.71. The fourth-order valence-electron chi connectivity index (χ4n) is 5.21. The van der Waals surface area contributed by atoms with Crippen molar-refractivity contribution in [3.8, 4) is 0 Å². The molecule has 0 aliphatic rings. The van der Waals surface area contributed by atoms with Gasteiger partial charge >= 0.3 is 11.9 Å². The highest BCUT2D eigenvalue weighted by Crippen LogP contribution is 2.11. The lowest BCUT2D eigenvalue weighted by Gasteiger charge is -2.34. The molecule has 0 fully saturated rings. The van der Waals surface area contributed by atoms with Gasteiger partial charge in [-0.3, -0.25) is 9.59 Å². The molecule has 2 atom stereocenters. The van der Waals surface area contributed by atoms with Crippen molar-refractivity contribution in [3.05, 3.63) is 48.6 Å². The SMILES string of the molecule is CC/C=C/C/C=C/CCCCC(=O)OCC(COCCC(C(=O)[O-])[N+](C)(C)C)OC(=O)CCCCC/C=C/C=C/CCCCCCCCC. The molecule has 0 radical (unpaired) electrons. The number of allylic oxidation sites excluding steroid dienone is 8. The number of likely N-dealkylation sites (N-methyl/N-ethyl adjacent to an activating group) is 1. The zero-order chi connectivity index (χ0) is 36.4. The predicted molar refractivity (Wildman–Crippen MR) is 199 cm³/mol. The topological polar surface area (TPSA) is 102 Å². The van der Waals surface area contributed by atoms with Gasteiger partial charge in [0, 0.05) is 19.3 Å². The van der Waals surface area contributed by atoms with Crippen molar-refractivity contribution in [3.63, 3.8) is 0 Å². The third kappa shape index (κ3) is 31.0. The van der Waals surface area contributed by atoms with E-state index in [2.05, 4.69) is 62.5 Å². The smallest absolute Gasteiger partial charge is 0.306 e. The molecule has 0 spiro atoms. The standard InChI is InChI=1S/C41H71NO7/c1-6-8-10-12-14-16-17-18-19-20-21-22-24-26-28-30-32-40(44)49-37(35-47-34-33-38(41(45)46)42(3,4)5)36-48-39(43)31-29-27-25-23-15-13-11-9-7-2/h9,11,15,19-23,37-38H,6-8,10,12-14,16-18,24-36H2,1-5H3/b11-9+,20-19+,22-21+,23-15+. The Morgan fingerprint density at radius 2 is 1.20 bits per heavy atom. The zero-order valence-electron chi connectivity index (χ0n) is 31.8. The molecule has 0 aromatic rings. The fraction of sp³-hybridized carbons (Fsp3) is 0.732. The van der Waals surface area contributed by atoms with E-state index in [0.29, 0.717) is 12.8 Å². The molecule has 0 N–H and O–H groups in total. The number of esters is 2. The van der Waals surface area contributed by atoms with Crippen LogP contribution in [0.25, 0.3) is 0 Å². The summed E-state index contributed by atoms with van der Waals surface area (Å²) in [5.41, 5.74) is 0. The quantitative estimate of drug-likeness (QED) is 0.0224. The van der Waals surface area contributed by atoms with Crippen LogP contribution in [0.1, 0.15) is 142 Å². The molecule has 0 aromatic carbocycles. The summed E-state index contributed by atoms with van der Waals surface area (Å²) in [5.74, 6) is -1.82. The number of carboxylic acid groups (broad SMARTS) is 1. The lowest BCUT2D eigenvalue weighted by molar-refractivity contribution is -0.889. The van der Waals surface area contributed by atoms with Crippen LogP contribution in [-0.4, -0.2) is 75.5 Å². The van der Waals surface area contributed by atoms with E-state index in [9.17, 15) is 19.5 Å². The van der Waals surface area contributed by atoms with Crippen LogP contribution in [0, 0.1) is 0 Å². The largest absolute Gasteiger partial charge is 0.544 e. The molecule has 0 saturated carbocycles. The third-order valence-electron chi connectivity index (χ3n) is 8.23. The maximum absolute atomic E-state index is 12.6. The van der Waals surface area contributed by atoms with Gasteiger partial charge in [0.1, 0.15) is 12.6 Å². The number of carbonyl (C=O) groups excluding carboxylic acids is 3. The second-order valence-electron chi connectivity index (χ2n) is 13.8. The summed E-state index contributed by atoms with van der Waals surface area (Å²) in [6.07, 6.45) is 35.8. The molecule has 0 saturated heterocycles. The summed E-state index contributed by atoms with van der Waals surface area (Å²) in [7, 11) is 5.37. The molecule has 0 amide bonds. The van der Waals surface area contributed by atoms with Crippen LogP contribution >= 0.6 is 0 Å². The minimum atomic E-state index is -1.14. The van der Waals surface area contributed by atoms with E-state index >= 15 is 0 Å². The Bertz CT molecular complexity index is 948. The number of hydrogen-bond donors (Lipinski definition) is 0. The van der Waals surface area contributed by atoms with E-state index in [-0.39, 0.29) is 49.1 Å². The van der Waals surface area contributed by atoms with Crippen LogP contribution in [-0.2, 0) is 28.6 Å². The minimum Gasteiger partial charge on any atom is -0.544 e. The van der Waals surface area contributed by atoms with E-state index in [1.165, 1.54) is 44.9 Å². The number of unbranched alkanes of at least 4 members (excludes halogenated alkanes) is 12. The van der Waals surface area contributed by atoms with E-state index < -0.39 is 18.1 Å². The maximum atomic E-state index is 12.6. The number of hydrogen-bond acceptors (Lipinski definition) is 7. The highest BCUT2D eigenvalue weighted by atomic mass is 16.6. The van der Waals surface area contributed by atoms with Gasteiger partial charge in [-0.2, -0.15) is 0 Å². The van der Waals surface area contributed by atoms with Crippen molar-refractivity contribution in [2.24, 2.45) is 0 Å². The second kappa shape index (κ2) is 32.5. The second-order valence-corrected chi connectivity index (χ2v) is 13.8. The first-order valence-electron chi connectivity index (χ1n) is 19.2. The molecule has 282 valence electrons. The van der Waals surface area contributed by atoms with Crippen LogP contribution in [0.3, 0.4) is 0 Å². The van der Waals surface area contributed by atoms with Gasteiger partial charge in [-0.15, -0.1) is 0 Å². The van der Waals surface area contributed by atoms with Gasteiger partial charge in [-0.1, -0.05) is 107 Å². The van der Waals surface area contributed by atoms with Crippen LogP contribution < -0.4 is 5.11 Å². The maximum Gasteiger partial charge on any atom is 0.306 e. The number of quaternary nitrogens is 1. The van der Waals surface area contributed by atoms with Gasteiger partial charge in [0.15, 0.2) is 6.10 Å². The van der Waals surface area contributed by atoms with E-state index in [1.54, 1.807) is 21.1 Å². The Morgan fingerprint density at radius 3 is 1.84 bits per heavy atom. The van der Waals surface area contributed by atoms with Gasteiger partial charge in [0.05, 0.1) is 40.3 Å². The summed E-state index contributed by atoms with van der Waals surface area (Å²) in [5, 5.41) is 11.6. The molecule has 0 heterocycles. The number of carbonyl (C=O) groups is 3. The summed E-state index contributed by atoms with van der Waals surface area (Å²) >= 11 is 0. The first-order chi connectivity index (χ1) is 23.6. The number of ether oxygens (including phenoxy) is 3. The molecule has 49 heavy (non-hydrogen) atoms. The molecule has 0 bridgehead atoms. The molecular formula is C41H71NO7. The first-order valence-corrected chi connectivity index (χ1v) is 19.2. The summed E-state index contributed by atoms with van der Waals surface area (Å²) in [6, 6.07) is -0.734. The molecule has 2 unspecified atom stereocenters. The molecule has 8 nitrogen and oxygen atoms in total. The van der Waals surface area contributed by atoms with Gasteiger partial charge in [0.2, 0.25) is 0 Å². The van der Waals surface area contributed by atoms with E-state index in [1.807, 2.05) is 0 Å². The molecule has 0 rings (SSSR count). The fourth-order valence-corrected chi connectivity index (χ4v) is 5.21. The number of rotatable bonds is 33. The monoisotopic (exact) mass is 690 g/mol. The average Bonchev–Trinajstić information content (AvgIpc) is 3.05. The molecule has 0 aliphatic carbocycles. The van der Waals surface area contributed by atoms with Crippen molar-refractivity contribution < 1.29 is 38.2 Å². The molecular weight excluding hydrogens is 618 g/mol. The Labute approximate surface area is 299 Å². The van der Waals surface area contributed by atoms with Gasteiger partial charge in [0.25, 0.3) is 0 Å². The van der Waals surface area contributed by atoms with Gasteiger partial charge in [-0.25, -0.2) is 0 Å². The molecule has 8 heteroatoms. The summed E-state index contributed by atoms with van der Waals surface area (Å²) in [4.78, 5) is 36.6. The normalized spacial score (nSPS) is 13.6. The van der Waals surface area contributed by atoms with Crippen LogP contribution in [0.4, 0.5) is 0 Å². The minimum absolute atomic E-state index is 0.0183. The van der Waals surface area contributed by atoms with E-state index in [0.717, 1.165) is 57.8 Å². The Morgan fingerprint density at radius 1 is 0.653 bits per heavy atom. The number of nitrogens with zero attached hydrogens (tertiary/aromatic N) is 1. The first kappa shape index (κ1) is 46.3. The third-order valence-corrected chi connectivity index (χ3v) is 8.23. The highest BCUT2D eigenvalue weighted by Gasteiger charge is 2.25. The summed E-state index contributed by atoms with van der Waals surface area (Å²) in [6.45, 7) is 4.44. The van der Waals surface area contributed by atoms with Crippen molar-refractivity contribution in [1.82, 2.24) is 0 Å². The van der Waals surface area contributed by atoms with Crippen molar-refractivity contribution in [2.45, 2.75) is 154 Å². The van der Waals surface area contributed by atoms with Gasteiger partial charge < -0.3 is 28.6 Å². The Balaban J connectivity index is 4.49. The highest BCUT2D eigenvalue weighted by molar-refractivity contribution is 5.70. The number of aliphatic carboxylic acids is 1. The van der Waals surface area contributed by atoms with Gasteiger partial charge in [-0.05, 0) is 64.2 Å². The van der Waals surface area contributed by atoms with E-state index in [4.69, 9.17) is 14.2 Å². The van der Waals surface area contributed by atoms with Crippen molar-refractivity contribution in [1.29, 1.82) is 0 Å². The molecule has 0 aromatic heterocycles. The average molecular weight is 690 g/mol. The predicted octanol–water partition coefficient (Wildman–Crippen LogP) is 8.35. The molecule has 0 aliphatic heterocycles. The summed E-state index contributed by atoms with van der Waals surface area (Å²) < 4.78 is 17.0. The zero-order valence-corrected chi connectivity index (χ0v) is 31.8. The Kier molecular flexibility index (Phi) is 30.7.